The van der Waals surface area contributed by atoms with Crippen molar-refractivity contribution in [2.75, 3.05) is 26.6 Å². The highest BCUT2D eigenvalue weighted by atomic mass is 16.5. The molecule has 2 aromatic rings. The highest BCUT2D eigenvalue weighted by molar-refractivity contribution is 5.60. The van der Waals surface area contributed by atoms with E-state index in [1.54, 1.807) is 14.2 Å². The number of hydrogen-bond donors (Lipinski definition) is 1. The predicted octanol–water partition coefficient (Wildman–Crippen LogP) is 4.81. The highest BCUT2D eigenvalue weighted by Crippen LogP contribution is 2.18. The molecule has 0 saturated carbocycles. The molecule has 0 aliphatic rings. The molecule has 1 aromatic carbocycles. The summed E-state index contributed by atoms with van der Waals surface area (Å²) in [5, 5.41) is 3.16. The van der Waals surface area contributed by atoms with E-state index in [9.17, 15) is 0 Å². The maximum atomic E-state index is 8.00. The van der Waals surface area contributed by atoms with Gasteiger partial charge in [0.05, 0.1) is 25.6 Å². The van der Waals surface area contributed by atoms with Gasteiger partial charge >= 0.3 is 0 Å². The summed E-state index contributed by atoms with van der Waals surface area (Å²) in [6.45, 7) is 5.98. The quantitative estimate of drug-likeness (QED) is 0.595. The van der Waals surface area contributed by atoms with Crippen LogP contribution >= 0.6 is 0 Å². The Morgan fingerprint density at radius 2 is 1.65 bits per heavy atom. The molecule has 0 aliphatic carbocycles. The van der Waals surface area contributed by atoms with Crippen molar-refractivity contribution < 1.29 is 14.3 Å². The molecule has 5 nitrogen and oxygen atoms in total. The van der Waals surface area contributed by atoms with Crippen LogP contribution in [0.3, 0.4) is 0 Å². The van der Waals surface area contributed by atoms with Gasteiger partial charge in [-0.1, -0.05) is 19.1 Å². The molecule has 0 spiro atoms. The molecule has 2 rings (SSSR count). The molecule has 26 heavy (non-hydrogen) atoms. The third kappa shape index (κ3) is 7.30. The number of nitrogens with zero attached hydrogens (tertiary/aromatic N) is 1. The molecule has 0 atom stereocenters. The van der Waals surface area contributed by atoms with Crippen molar-refractivity contribution in [3.05, 3.63) is 72.5 Å². The third-order valence-corrected chi connectivity index (χ3v) is 3.39. The first kappa shape index (κ1) is 23.1. The van der Waals surface area contributed by atoms with E-state index in [0.29, 0.717) is 0 Å². The van der Waals surface area contributed by atoms with Crippen molar-refractivity contribution in [1.82, 2.24) is 4.57 Å². The largest absolute Gasteiger partial charge is 0.493 e. The zero-order valence-electron chi connectivity index (χ0n) is 16.4. The second kappa shape index (κ2) is 14.4. The maximum Gasteiger partial charge on any atom is 0.156 e. The van der Waals surface area contributed by atoms with Crippen LogP contribution in [-0.4, -0.2) is 32.6 Å². The summed E-state index contributed by atoms with van der Waals surface area (Å²) in [7, 11) is 5.21. The molecule has 5 heteroatoms. The summed E-state index contributed by atoms with van der Waals surface area (Å²) in [6, 6.07) is 12.3. The second-order valence-electron chi connectivity index (χ2n) is 4.90. The fraction of sp³-hybridized carbons (Fsp3) is 0.286. The van der Waals surface area contributed by atoms with Crippen LogP contribution in [0.4, 0.5) is 5.69 Å². The lowest BCUT2D eigenvalue weighted by Gasteiger charge is -2.09. The number of rotatable bonds is 6. The van der Waals surface area contributed by atoms with Gasteiger partial charge < -0.3 is 24.2 Å². The van der Waals surface area contributed by atoms with E-state index < -0.39 is 0 Å². The number of carbonyl (C=O) groups is 1. The van der Waals surface area contributed by atoms with Gasteiger partial charge in [-0.15, -0.1) is 0 Å². The smallest absolute Gasteiger partial charge is 0.156 e. The zero-order chi connectivity index (χ0) is 19.8. The summed E-state index contributed by atoms with van der Waals surface area (Å²) in [6.07, 6.45) is 8.89. The van der Waals surface area contributed by atoms with Gasteiger partial charge in [0.15, 0.2) is 11.5 Å². The van der Waals surface area contributed by atoms with Crippen LogP contribution in [0.15, 0.2) is 72.5 Å². The minimum absolute atomic E-state index is 0.786. The molecule has 0 saturated heterocycles. The average Bonchev–Trinajstić information content (AvgIpc) is 3.25. The number of benzene rings is 1. The van der Waals surface area contributed by atoms with Gasteiger partial charge in [0.25, 0.3) is 0 Å². The van der Waals surface area contributed by atoms with Crippen LogP contribution in [0.2, 0.25) is 0 Å². The van der Waals surface area contributed by atoms with Crippen molar-refractivity contribution in [3.8, 4) is 5.69 Å². The highest BCUT2D eigenvalue weighted by Gasteiger charge is 2.01. The Morgan fingerprint density at radius 3 is 2.12 bits per heavy atom. The van der Waals surface area contributed by atoms with Crippen LogP contribution < -0.4 is 5.32 Å². The van der Waals surface area contributed by atoms with Gasteiger partial charge in [-0.05, 0) is 49.8 Å². The number of para-hydroxylation sites is 2. The number of nitrogens with one attached hydrogen (secondary N) is 1. The third-order valence-electron chi connectivity index (χ3n) is 3.39. The van der Waals surface area contributed by atoms with Crippen molar-refractivity contribution >= 4 is 12.5 Å². The van der Waals surface area contributed by atoms with Crippen molar-refractivity contribution in [2.24, 2.45) is 0 Å². The topological polar surface area (TPSA) is 52.5 Å². The van der Waals surface area contributed by atoms with Gasteiger partial charge in [0.2, 0.25) is 0 Å². The fourth-order valence-electron chi connectivity index (χ4n) is 2.24. The monoisotopic (exact) mass is 358 g/mol. The van der Waals surface area contributed by atoms with E-state index in [-0.39, 0.29) is 0 Å². The number of methoxy groups -OCH3 is 2. The lowest BCUT2D eigenvalue weighted by Crippen LogP contribution is -1.96. The molecule has 1 aromatic heterocycles. The number of allylic oxidation sites excluding steroid dienone is 2. The normalized spacial score (nSPS) is 10.7. The van der Waals surface area contributed by atoms with E-state index in [1.165, 1.54) is 5.69 Å². The number of anilines is 1. The van der Waals surface area contributed by atoms with Crippen LogP contribution in [-0.2, 0) is 14.3 Å². The summed E-state index contributed by atoms with van der Waals surface area (Å²) in [5.41, 5.74) is 2.31. The lowest BCUT2D eigenvalue weighted by molar-refractivity contribution is -0.0979. The Balaban J connectivity index is 0.000000446. The van der Waals surface area contributed by atoms with Gasteiger partial charge in [-0.3, -0.25) is 0 Å². The first-order valence-electron chi connectivity index (χ1n) is 8.35. The number of ether oxygens (including phenoxy) is 2. The first-order chi connectivity index (χ1) is 12.7. The molecular formula is C21H30N2O3. The first-order valence-corrected chi connectivity index (χ1v) is 8.35. The Morgan fingerprint density at radius 1 is 1.08 bits per heavy atom. The number of carbonyl (C=O) groups excluding carboxylic acids is 1. The maximum absolute atomic E-state index is 8.00. The molecular weight excluding hydrogens is 328 g/mol. The molecule has 0 radical (unpaired) electrons. The molecule has 0 aliphatic heterocycles. The number of hydrogen-bond acceptors (Lipinski definition) is 4. The van der Waals surface area contributed by atoms with Gasteiger partial charge in [-0.25, -0.2) is 0 Å². The van der Waals surface area contributed by atoms with Crippen molar-refractivity contribution in [2.45, 2.75) is 20.3 Å². The predicted molar refractivity (Wildman–Crippen MR) is 109 cm³/mol. The zero-order valence-corrected chi connectivity index (χ0v) is 16.4. The lowest BCUT2D eigenvalue weighted by atomic mass is 10.2. The van der Waals surface area contributed by atoms with E-state index in [4.69, 9.17) is 14.3 Å². The summed E-state index contributed by atoms with van der Waals surface area (Å²) in [4.78, 5) is 8.00. The van der Waals surface area contributed by atoms with Crippen LogP contribution in [0.25, 0.3) is 5.69 Å². The second-order valence-corrected chi connectivity index (χ2v) is 4.90. The van der Waals surface area contributed by atoms with Crippen LogP contribution in [0.1, 0.15) is 20.3 Å². The molecule has 0 amide bonds. The van der Waals surface area contributed by atoms with Crippen molar-refractivity contribution in [1.29, 1.82) is 0 Å². The van der Waals surface area contributed by atoms with E-state index in [0.717, 1.165) is 23.6 Å². The number of aromatic nitrogens is 1. The fourth-order valence-corrected chi connectivity index (χ4v) is 2.24. The minimum Gasteiger partial charge on any atom is -0.493 e. The molecule has 142 valence electrons. The van der Waals surface area contributed by atoms with Gasteiger partial charge in [0, 0.05) is 19.4 Å². The summed E-state index contributed by atoms with van der Waals surface area (Å²) in [5.74, 6) is 1.59. The standard InChI is InChI=1S/C11H12N2.C9H16O2.CH2O/c1-12-10-6-2-3-7-11(10)13-8-4-5-9-13;1-5-7-9(11-4)8(6-2)10-3;1-2/h2-9,12H,1H3;6-7H,5H2,1-4H3;1H2/b;8-6+,9-7+;. The van der Waals surface area contributed by atoms with E-state index >= 15 is 0 Å². The molecule has 0 fully saturated rings. The van der Waals surface area contributed by atoms with E-state index in [2.05, 4.69) is 28.9 Å². The molecule has 1 heterocycles. The molecule has 0 bridgehead atoms. The Kier molecular flexibility index (Phi) is 12.8. The molecule has 0 unspecified atom stereocenters. The van der Waals surface area contributed by atoms with E-state index in [1.807, 2.05) is 69.6 Å². The van der Waals surface area contributed by atoms with Crippen molar-refractivity contribution in [3.63, 3.8) is 0 Å². The van der Waals surface area contributed by atoms with Crippen LogP contribution in [0.5, 0.6) is 0 Å². The summed E-state index contributed by atoms with van der Waals surface area (Å²) < 4.78 is 12.3. The Hall–Kier alpha value is -2.95. The SMILES string of the molecule is C/C=C(OC)\C(=C/CC)OC.C=O.CNc1ccccc1-n1cccc1. The van der Waals surface area contributed by atoms with Crippen LogP contribution in [0, 0.1) is 0 Å². The Bertz CT molecular complexity index is 662. The Labute approximate surface area is 156 Å². The molecule has 1 N–H and O–H groups in total. The van der Waals surface area contributed by atoms with Gasteiger partial charge in [-0.2, -0.15) is 0 Å². The van der Waals surface area contributed by atoms with Gasteiger partial charge in [0.1, 0.15) is 6.79 Å². The minimum atomic E-state index is 0.786. The average molecular weight is 358 g/mol. The summed E-state index contributed by atoms with van der Waals surface area (Å²) >= 11 is 0.